The summed E-state index contributed by atoms with van der Waals surface area (Å²) in [5.41, 5.74) is 4.39. The van der Waals surface area contributed by atoms with Gasteiger partial charge < -0.3 is 5.73 Å². The van der Waals surface area contributed by atoms with E-state index in [0.29, 0.717) is 6.07 Å². The third-order valence-corrected chi connectivity index (χ3v) is 1.87. The first-order valence-electron chi connectivity index (χ1n) is 3.58. The van der Waals surface area contributed by atoms with Crippen molar-refractivity contribution in [2.45, 2.75) is 0 Å². The summed E-state index contributed by atoms with van der Waals surface area (Å²) in [5, 5.41) is 0. The van der Waals surface area contributed by atoms with Crippen molar-refractivity contribution in [1.29, 1.82) is 0 Å². The minimum absolute atomic E-state index is 0.202. The Morgan fingerprint density at radius 2 is 1.86 bits per heavy atom. The molecule has 0 unspecified atom stereocenters. The van der Waals surface area contributed by atoms with Crippen LogP contribution in [0.3, 0.4) is 0 Å². The predicted octanol–water partition coefficient (Wildman–Crippen LogP) is 0.963. The first kappa shape index (κ1) is 8.74. The van der Waals surface area contributed by atoms with Crippen molar-refractivity contribution in [2.24, 2.45) is 10.7 Å². The number of amidine groups is 1. The average molecular weight is 200 g/mol. The second-order valence-electron chi connectivity index (χ2n) is 2.71. The van der Waals surface area contributed by atoms with Gasteiger partial charge in [-0.3, -0.25) is 4.79 Å². The third-order valence-electron chi connectivity index (χ3n) is 1.87. The smallest absolute Gasteiger partial charge is 0.282 e. The standard InChI is InChI=1S/C8H3F3N2O/c9-3-1-2-4(6(11)5(3)10)8(14)13-7(2)12/h1H,(H2,12,13,14). The molecule has 1 amide bonds. The van der Waals surface area contributed by atoms with E-state index >= 15 is 0 Å². The molecular weight excluding hydrogens is 197 g/mol. The van der Waals surface area contributed by atoms with Gasteiger partial charge in [0.2, 0.25) is 0 Å². The largest absolute Gasteiger partial charge is 0.383 e. The van der Waals surface area contributed by atoms with Crippen LogP contribution >= 0.6 is 0 Å². The molecule has 0 radical (unpaired) electrons. The van der Waals surface area contributed by atoms with Crippen molar-refractivity contribution >= 4 is 11.7 Å². The second-order valence-corrected chi connectivity index (χ2v) is 2.71. The Morgan fingerprint density at radius 3 is 2.50 bits per heavy atom. The second kappa shape index (κ2) is 2.57. The molecule has 1 aliphatic rings. The van der Waals surface area contributed by atoms with Crippen LogP contribution in [0.5, 0.6) is 0 Å². The third kappa shape index (κ3) is 0.935. The Bertz CT molecular complexity index is 482. The molecule has 1 aromatic rings. The fourth-order valence-electron chi connectivity index (χ4n) is 1.23. The molecule has 0 aliphatic carbocycles. The van der Waals surface area contributed by atoms with Gasteiger partial charge in [0, 0.05) is 5.56 Å². The lowest BCUT2D eigenvalue weighted by molar-refractivity contribution is 0.100. The van der Waals surface area contributed by atoms with E-state index in [1.165, 1.54) is 0 Å². The number of carbonyl (C=O) groups is 1. The van der Waals surface area contributed by atoms with Gasteiger partial charge in [0.25, 0.3) is 5.91 Å². The number of rotatable bonds is 0. The molecule has 1 heterocycles. The zero-order valence-electron chi connectivity index (χ0n) is 6.64. The van der Waals surface area contributed by atoms with Gasteiger partial charge in [-0.2, -0.15) is 4.99 Å². The maximum absolute atomic E-state index is 13.0. The van der Waals surface area contributed by atoms with Crippen LogP contribution < -0.4 is 5.73 Å². The molecule has 0 spiro atoms. The number of benzene rings is 1. The number of hydrogen-bond donors (Lipinski definition) is 1. The molecule has 0 saturated carbocycles. The highest BCUT2D eigenvalue weighted by atomic mass is 19.2. The molecule has 0 bridgehead atoms. The zero-order chi connectivity index (χ0) is 10.5. The van der Waals surface area contributed by atoms with E-state index in [1.807, 2.05) is 0 Å². The Balaban J connectivity index is 2.82. The summed E-state index contributed by atoms with van der Waals surface area (Å²) in [6.45, 7) is 0. The SMILES string of the molecule is NC1=NC(=O)c2c1cc(F)c(F)c2F. The van der Waals surface area contributed by atoms with Gasteiger partial charge in [-0.15, -0.1) is 0 Å². The summed E-state index contributed by atoms with van der Waals surface area (Å²) >= 11 is 0. The number of hydrogen-bond acceptors (Lipinski definition) is 2. The predicted molar refractivity (Wildman–Crippen MR) is 41.4 cm³/mol. The molecule has 14 heavy (non-hydrogen) atoms. The molecule has 3 nitrogen and oxygen atoms in total. The van der Waals surface area contributed by atoms with Crippen molar-refractivity contribution in [3.05, 3.63) is 34.6 Å². The topological polar surface area (TPSA) is 55.4 Å². The van der Waals surface area contributed by atoms with E-state index in [0.717, 1.165) is 0 Å². The lowest BCUT2D eigenvalue weighted by Crippen LogP contribution is -2.12. The summed E-state index contributed by atoms with van der Waals surface area (Å²) in [6.07, 6.45) is 0. The number of carbonyl (C=O) groups excluding carboxylic acids is 1. The lowest BCUT2D eigenvalue weighted by atomic mass is 10.1. The Kier molecular flexibility index (Phi) is 1.60. The van der Waals surface area contributed by atoms with Crippen molar-refractivity contribution < 1.29 is 18.0 Å². The fraction of sp³-hybridized carbons (Fsp3) is 0. The molecule has 0 atom stereocenters. The van der Waals surface area contributed by atoms with Crippen LogP contribution in [0.4, 0.5) is 13.2 Å². The minimum atomic E-state index is -1.69. The summed E-state index contributed by atoms with van der Waals surface area (Å²) in [6, 6.07) is 0.650. The molecule has 72 valence electrons. The van der Waals surface area contributed by atoms with E-state index in [9.17, 15) is 18.0 Å². The average Bonchev–Trinajstić information content (AvgIpc) is 2.38. The number of nitrogens with zero attached hydrogens (tertiary/aromatic N) is 1. The van der Waals surface area contributed by atoms with Gasteiger partial charge in [0.05, 0.1) is 5.56 Å². The van der Waals surface area contributed by atoms with Crippen LogP contribution in [-0.4, -0.2) is 11.7 Å². The van der Waals surface area contributed by atoms with E-state index in [4.69, 9.17) is 5.73 Å². The van der Waals surface area contributed by atoms with Crippen molar-refractivity contribution in [3.8, 4) is 0 Å². The van der Waals surface area contributed by atoms with Crippen molar-refractivity contribution in [3.63, 3.8) is 0 Å². The van der Waals surface area contributed by atoms with Crippen LogP contribution in [0, 0.1) is 17.5 Å². The maximum atomic E-state index is 13.0. The molecule has 2 rings (SSSR count). The van der Waals surface area contributed by atoms with Crippen molar-refractivity contribution in [2.75, 3.05) is 0 Å². The van der Waals surface area contributed by atoms with Crippen molar-refractivity contribution in [1.82, 2.24) is 0 Å². The molecule has 2 N–H and O–H groups in total. The monoisotopic (exact) mass is 200 g/mol. The number of aliphatic imine (C=N–C) groups is 1. The lowest BCUT2D eigenvalue weighted by Gasteiger charge is -2.01. The van der Waals surface area contributed by atoms with Crippen LogP contribution in [0.15, 0.2) is 11.1 Å². The summed E-state index contributed by atoms with van der Waals surface area (Å²) in [5.74, 6) is -5.93. The Hall–Kier alpha value is -1.85. The maximum Gasteiger partial charge on any atom is 0.282 e. The van der Waals surface area contributed by atoms with Crippen LogP contribution in [-0.2, 0) is 0 Å². The highest BCUT2D eigenvalue weighted by molar-refractivity contribution is 6.20. The Morgan fingerprint density at radius 1 is 1.21 bits per heavy atom. The first-order chi connectivity index (χ1) is 6.52. The van der Waals surface area contributed by atoms with Gasteiger partial charge in [-0.05, 0) is 6.07 Å². The molecule has 0 fully saturated rings. The zero-order valence-corrected chi connectivity index (χ0v) is 6.64. The summed E-state index contributed by atoms with van der Waals surface area (Å²) in [4.78, 5) is 14.1. The molecule has 1 aliphatic heterocycles. The molecule has 0 aromatic heterocycles. The number of halogens is 3. The number of amides is 1. The van der Waals surface area contributed by atoms with E-state index in [-0.39, 0.29) is 11.4 Å². The first-order valence-corrected chi connectivity index (χ1v) is 3.58. The molecule has 0 saturated heterocycles. The Labute approximate surface area is 76.0 Å². The normalized spacial score (nSPS) is 14.2. The van der Waals surface area contributed by atoms with Crippen LogP contribution in [0.2, 0.25) is 0 Å². The van der Waals surface area contributed by atoms with Crippen LogP contribution in [0.25, 0.3) is 0 Å². The molecule has 1 aromatic carbocycles. The fourth-order valence-corrected chi connectivity index (χ4v) is 1.23. The van der Waals surface area contributed by atoms with Gasteiger partial charge in [-0.25, -0.2) is 13.2 Å². The highest BCUT2D eigenvalue weighted by Crippen LogP contribution is 2.24. The van der Waals surface area contributed by atoms with Gasteiger partial charge in [-0.1, -0.05) is 0 Å². The van der Waals surface area contributed by atoms with Gasteiger partial charge in [0.1, 0.15) is 5.84 Å². The number of nitrogens with two attached hydrogens (primary N) is 1. The number of fused-ring (bicyclic) bond motifs is 1. The van der Waals surface area contributed by atoms with E-state index < -0.39 is 28.9 Å². The summed E-state index contributed by atoms with van der Waals surface area (Å²) < 4.78 is 38.4. The quantitative estimate of drug-likeness (QED) is 0.634. The molecular formula is C8H3F3N2O. The van der Waals surface area contributed by atoms with E-state index in [1.54, 1.807) is 0 Å². The van der Waals surface area contributed by atoms with Crippen LogP contribution in [0.1, 0.15) is 15.9 Å². The highest BCUT2D eigenvalue weighted by Gasteiger charge is 2.29. The summed E-state index contributed by atoms with van der Waals surface area (Å²) in [7, 11) is 0. The van der Waals surface area contributed by atoms with Gasteiger partial charge in [0.15, 0.2) is 17.5 Å². The van der Waals surface area contributed by atoms with Gasteiger partial charge >= 0.3 is 0 Å². The molecule has 6 heteroatoms. The minimum Gasteiger partial charge on any atom is -0.383 e. The van der Waals surface area contributed by atoms with E-state index in [2.05, 4.69) is 4.99 Å².